The van der Waals surface area contributed by atoms with Crippen molar-refractivity contribution in [3.05, 3.63) is 16.5 Å². The fraction of sp³-hybridized carbons (Fsp3) is 0.455. The first-order valence-corrected chi connectivity index (χ1v) is 6.21. The van der Waals surface area contributed by atoms with Crippen LogP contribution in [0.4, 0.5) is 13.8 Å². The van der Waals surface area contributed by atoms with E-state index in [0.717, 1.165) is 11.3 Å². The second-order valence-electron chi connectivity index (χ2n) is 3.69. The van der Waals surface area contributed by atoms with Crippen LogP contribution in [0.15, 0.2) is 6.07 Å². The third-order valence-electron chi connectivity index (χ3n) is 2.09. The number of nitrogens with one attached hydrogen (secondary N) is 1. The van der Waals surface area contributed by atoms with Gasteiger partial charge in [0.15, 0.2) is 0 Å². The largest absolute Gasteiger partial charge is 0.477 e. The Morgan fingerprint density at radius 2 is 2.21 bits per heavy atom. The lowest BCUT2D eigenvalue weighted by molar-refractivity contribution is -0.117. The summed E-state index contributed by atoms with van der Waals surface area (Å²) in [6.07, 6.45) is -2.62. The van der Waals surface area contributed by atoms with Crippen molar-refractivity contribution in [1.29, 1.82) is 0 Å². The summed E-state index contributed by atoms with van der Waals surface area (Å²) in [6.45, 7) is 0.822. The van der Waals surface area contributed by atoms with Crippen LogP contribution in [0.3, 0.4) is 0 Å². The number of rotatable bonds is 7. The molecule has 1 aromatic heterocycles. The summed E-state index contributed by atoms with van der Waals surface area (Å²) in [5.41, 5.74) is 0.557. The number of carboxylic acid groups (broad SMARTS) is 1. The van der Waals surface area contributed by atoms with Crippen molar-refractivity contribution in [2.45, 2.75) is 19.8 Å². The molecule has 0 fully saturated rings. The smallest absolute Gasteiger partial charge is 0.346 e. The highest BCUT2D eigenvalue weighted by Gasteiger charge is 2.13. The molecule has 8 heteroatoms. The number of anilines is 1. The maximum atomic E-state index is 11.7. The van der Waals surface area contributed by atoms with E-state index in [1.165, 1.54) is 0 Å². The summed E-state index contributed by atoms with van der Waals surface area (Å²) in [5.74, 6) is -1.46. The molecule has 0 saturated heterocycles. The highest BCUT2D eigenvalue weighted by Crippen LogP contribution is 2.26. The Hall–Kier alpha value is -1.54. The molecule has 1 heterocycles. The van der Waals surface area contributed by atoms with E-state index in [1.54, 1.807) is 13.0 Å². The SMILES string of the molecule is Cc1cc(NC(=O)CCOCC(F)F)sc1C(=O)O. The van der Waals surface area contributed by atoms with Crippen molar-refractivity contribution in [2.24, 2.45) is 0 Å². The van der Waals surface area contributed by atoms with Crippen LogP contribution in [0.2, 0.25) is 0 Å². The van der Waals surface area contributed by atoms with Crippen LogP contribution < -0.4 is 5.32 Å². The van der Waals surface area contributed by atoms with E-state index in [2.05, 4.69) is 10.1 Å². The molecule has 0 aliphatic heterocycles. The summed E-state index contributed by atoms with van der Waals surface area (Å²) >= 11 is 0.948. The lowest BCUT2D eigenvalue weighted by atomic mass is 10.3. The van der Waals surface area contributed by atoms with Gasteiger partial charge in [-0.15, -0.1) is 11.3 Å². The third-order valence-corrected chi connectivity index (χ3v) is 3.23. The van der Waals surface area contributed by atoms with Gasteiger partial charge in [-0.2, -0.15) is 0 Å². The van der Waals surface area contributed by atoms with E-state index in [1.807, 2.05) is 0 Å². The van der Waals surface area contributed by atoms with E-state index >= 15 is 0 Å². The molecule has 0 bridgehead atoms. The van der Waals surface area contributed by atoms with Crippen molar-refractivity contribution < 1.29 is 28.2 Å². The molecule has 1 rings (SSSR count). The molecule has 0 unspecified atom stereocenters. The second kappa shape index (κ2) is 7.15. The predicted molar refractivity (Wildman–Crippen MR) is 66.1 cm³/mol. The molecule has 0 aromatic carbocycles. The van der Waals surface area contributed by atoms with Crippen LogP contribution >= 0.6 is 11.3 Å². The molecule has 0 saturated carbocycles. The molecule has 0 atom stereocenters. The van der Waals surface area contributed by atoms with Gasteiger partial charge < -0.3 is 15.2 Å². The number of carboxylic acids is 1. The maximum Gasteiger partial charge on any atom is 0.346 e. The number of thiophene rings is 1. The lowest BCUT2D eigenvalue weighted by Gasteiger charge is -2.03. The Morgan fingerprint density at radius 3 is 2.74 bits per heavy atom. The average Bonchev–Trinajstić information content (AvgIpc) is 2.65. The number of aryl methyl sites for hydroxylation is 1. The molecule has 106 valence electrons. The molecular weight excluding hydrogens is 280 g/mol. The van der Waals surface area contributed by atoms with Gasteiger partial charge in [0.25, 0.3) is 6.43 Å². The quantitative estimate of drug-likeness (QED) is 0.757. The van der Waals surface area contributed by atoms with Crippen LogP contribution in [0.5, 0.6) is 0 Å². The maximum absolute atomic E-state index is 11.7. The lowest BCUT2D eigenvalue weighted by Crippen LogP contribution is -2.15. The summed E-state index contributed by atoms with van der Waals surface area (Å²) in [4.78, 5) is 22.4. The minimum atomic E-state index is -2.55. The number of hydrogen-bond acceptors (Lipinski definition) is 4. The number of alkyl halides is 2. The summed E-state index contributed by atoms with van der Waals surface area (Å²) in [6, 6.07) is 1.55. The molecule has 0 aliphatic carbocycles. The Balaban J connectivity index is 2.40. The average molecular weight is 293 g/mol. The Kier molecular flexibility index (Phi) is 5.84. The molecular formula is C11H13F2NO4S. The van der Waals surface area contributed by atoms with Crippen LogP contribution in [-0.4, -0.2) is 36.6 Å². The minimum absolute atomic E-state index is 0.0634. The minimum Gasteiger partial charge on any atom is -0.477 e. The van der Waals surface area contributed by atoms with E-state index in [4.69, 9.17) is 5.11 Å². The normalized spacial score (nSPS) is 10.7. The Bertz CT molecular complexity index is 462. The predicted octanol–water partition coefficient (Wildman–Crippen LogP) is 2.37. The van der Waals surface area contributed by atoms with Gasteiger partial charge in [0.1, 0.15) is 11.5 Å². The van der Waals surface area contributed by atoms with Crippen LogP contribution in [0, 0.1) is 6.92 Å². The Labute approximate surface area is 112 Å². The first-order chi connectivity index (χ1) is 8.90. The zero-order valence-electron chi connectivity index (χ0n) is 10.1. The fourth-order valence-electron chi connectivity index (χ4n) is 1.29. The molecule has 1 amide bonds. The zero-order chi connectivity index (χ0) is 14.4. The number of ether oxygens (including phenoxy) is 1. The van der Waals surface area contributed by atoms with Gasteiger partial charge in [-0.1, -0.05) is 0 Å². The van der Waals surface area contributed by atoms with E-state index in [-0.39, 0.29) is 17.9 Å². The van der Waals surface area contributed by atoms with Crippen LogP contribution in [-0.2, 0) is 9.53 Å². The molecule has 19 heavy (non-hydrogen) atoms. The number of amides is 1. The Morgan fingerprint density at radius 1 is 1.53 bits per heavy atom. The van der Waals surface area contributed by atoms with Gasteiger partial charge in [-0.25, -0.2) is 13.6 Å². The fourth-order valence-corrected chi connectivity index (χ4v) is 2.22. The van der Waals surface area contributed by atoms with Crippen molar-refractivity contribution in [3.8, 4) is 0 Å². The van der Waals surface area contributed by atoms with Crippen molar-refractivity contribution in [3.63, 3.8) is 0 Å². The van der Waals surface area contributed by atoms with Gasteiger partial charge in [-0.05, 0) is 18.6 Å². The summed E-state index contributed by atoms with van der Waals surface area (Å²) < 4.78 is 28.1. The number of halogens is 2. The molecule has 5 nitrogen and oxygen atoms in total. The van der Waals surface area contributed by atoms with Gasteiger partial charge in [0.05, 0.1) is 18.0 Å². The summed E-state index contributed by atoms with van der Waals surface area (Å²) in [5, 5.41) is 11.8. The second-order valence-corrected chi connectivity index (χ2v) is 4.74. The highest BCUT2D eigenvalue weighted by molar-refractivity contribution is 7.18. The summed E-state index contributed by atoms with van der Waals surface area (Å²) in [7, 11) is 0. The van der Waals surface area contributed by atoms with Gasteiger partial charge >= 0.3 is 5.97 Å². The van der Waals surface area contributed by atoms with Gasteiger partial charge in [-0.3, -0.25) is 4.79 Å². The number of carbonyl (C=O) groups excluding carboxylic acids is 1. The number of hydrogen-bond donors (Lipinski definition) is 2. The number of carbonyl (C=O) groups is 2. The topological polar surface area (TPSA) is 75.6 Å². The first-order valence-electron chi connectivity index (χ1n) is 5.39. The molecule has 0 aliphatic rings. The zero-order valence-corrected chi connectivity index (χ0v) is 10.9. The first kappa shape index (κ1) is 15.5. The number of aromatic carboxylic acids is 1. The standard InChI is InChI=1S/C11H13F2NO4S/c1-6-4-9(19-10(6)11(16)17)14-8(15)2-3-18-5-7(12)13/h4,7H,2-3,5H2,1H3,(H,14,15)(H,16,17). The van der Waals surface area contributed by atoms with Gasteiger partial charge in [0, 0.05) is 0 Å². The monoisotopic (exact) mass is 293 g/mol. The van der Waals surface area contributed by atoms with E-state index < -0.39 is 24.9 Å². The van der Waals surface area contributed by atoms with E-state index in [0.29, 0.717) is 10.6 Å². The van der Waals surface area contributed by atoms with Gasteiger partial charge in [0.2, 0.25) is 5.91 Å². The van der Waals surface area contributed by atoms with Crippen LogP contribution in [0.25, 0.3) is 0 Å². The molecule has 0 radical (unpaired) electrons. The molecule has 0 spiro atoms. The van der Waals surface area contributed by atoms with Crippen molar-refractivity contribution in [1.82, 2.24) is 0 Å². The van der Waals surface area contributed by atoms with Crippen LogP contribution in [0.1, 0.15) is 21.7 Å². The van der Waals surface area contributed by atoms with Crippen molar-refractivity contribution >= 4 is 28.2 Å². The highest BCUT2D eigenvalue weighted by atomic mass is 32.1. The third kappa shape index (κ3) is 5.31. The van der Waals surface area contributed by atoms with E-state index in [9.17, 15) is 18.4 Å². The molecule has 2 N–H and O–H groups in total. The van der Waals surface area contributed by atoms with Crippen molar-refractivity contribution in [2.75, 3.05) is 18.5 Å². The molecule has 1 aromatic rings.